The molecule has 0 bridgehead atoms. The Morgan fingerprint density at radius 3 is 1.81 bits per heavy atom. The lowest BCUT2D eigenvalue weighted by atomic mass is 9.66. The van der Waals surface area contributed by atoms with Gasteiger partial charge in [0.05, 0.1) is 12.8 Å². The number of ketones is 1. The molecule has 174 valence electrons. The third-order valence-corrected chi connectivity index (χ3v) is 6.03. The summed E-state index contributed by atoms with van der Waals surface area (Å²) >= 11 is 0. The molecule has 0 saturated heterocycles. The minimum absolute atomic E-state index is 0.0324. The van der Waals surface area contributed by atoms with E-state index in [0.717, 1.165) is 5.56 Å². The van der Waals surface area contributed by atoms with E-state index in [0.29, 0.717) is 12.8 Å². The molecule has 0 spiro atoms. The van der Waals surface area contributed by atoms with E-state index in [2.05, 4.69) is 27.7 Å². The quantitative estimate of drug-likeness (QED) is 0.398. The first-order chi connectivity index (χ1) is 14.3. The molecule has 0 saturated carbocycles. The van der Waals surface area contributed by atoms with Crippen molar-refractivity contribution in [1.29, 1.82) is 0 Å². The Bertz CT molecular complexity index is 720. The highest BCUT2D eigenvalue weighted by molar-refractivity contribution is 5.85. The van der Waals surface area contributed by atoms with E-state index >= 15 is 0 Å². The molecule has 0 unspecified atom stereocenters. The lowest BCUT2D eigenvalue weighted by molar-refractivity contribution is -0.160. The summed E-state index contributed by atoms with van der Waals surface area (Å²) in [5, 5.41) is 0. The van der Waals surface area contributed by atoms with Gasteiger partial charge < -0.3 is 9.47 Å². The Hall–Kier alpha value is -2.17. The fraction of sp³-hybridized carbons (Fsp3) is 0.654. The predicted molar refractivity (Wildman–Crippen MR) is 122 cm³/mol. The van der Waals surface area contributed by atoms with Crippen LogP contribution in [0.1, 0.15) is 92.7 Å². The normalized spacial score (nSPS) is 13.2. The van der Waals surface area contributed by atoms with E-state index in [1.165, 1.54) is 0 Å². The van der Waals surface area contributed by atoms with Crippen LogP contribution in [0.15, 0.2) is 30.3 Å². The van der Waals surface area contributed by atoms with Crippen molar-refractivity contribution in [3.63, 3.8) is 0 Å². The molecule has 31 heavy (non-hydrogen) atoms. The van der Waals surface area contributed by atoms with Crippen LogP contribution in [-0.2, 0) is 23.9 Å². The van der Waals surface area contributed by atoms with Crippen molar-refractivity contribution in [1.82, 2.24) is 0 Å². The number of carbonyl (C=O) groups excluding carboxylic acids is 3. The summed E-state index contributed by atoms with van der Waals surface area (Å²) in [5.74, 6) is -0.287. The molecule has 1 rings (SSSR count). The van der Waals surface area contributed by atoms with Crippen LogP contribution in [-0.4, -0.2) is 23.3 Å². The fourth-order valence-electron chi connectivity index (χ4n) is 3.62. The molecule has 0 radical (unpaired) electrons. The first kappa shape index (κ1) is 26.9. The highest BCUT2D eigenvalue weighted by atomic mass is 16.6. The Labute approximate surface area is 187 Å². The van der Waals surface area contributed by atoms with E-state index in [1.807, 2.05) is 37.3 Å². The van der Waals surface area contributed by atoms with Gasteiger partial charge in [-0.2, -0.15) is 0 Å². The molecule has 1 atom stereocenters. The van der Waals surface area contributed by atoms with E-state index < -0.39 is 29.1 Å². The van der Waals surface area contributed by atoms with Gasteiger partial charge in [-0.1, -0.05) is 65.0 Å². The second kappa shape index (κ2) is 11.4. The number of benzene rings is 1. The largest absolute Gasteiger partial charge is 0.460 e. The summed E-state index contributed by atoms with van der Waals surface area (Å²) in [6, 6.07) is 9.43. The monoisotopic (exact) mass is 432 g/mol. The van der Waals surface area contributed by atoms with Crippen LogP contribution in [0.4, 0.5) is 0 Å². The number of ether oxygens (including phenoxy) is 2. The first-order valence-electron chi connectivity index (χ1n) is 11.3. The third kappa shape index (κ3) is 8.47. The van der Waals surface area contributed by atoms with Crippen LogP contribution in [0.25, 0.3) is 0 Å². The zero-order chi connectivity index (χ0) is 23.8. The van der Waals surface area contributed by atoms with Crippen LogP contribution in [0.2, 0.25) is 0 Å². The van der Waals surface area contributed by atoms with Crippen LogP contribution in [0, 0.1) is 17.3 Å². The molecular formula is C26H40O5. The SMILES string of the molecule is CC(C)C(C)(C(=O)CC[C@@H](OC(=O)CCC(=O)OC(C)(C)C)c1ccccc1)C(C)C. The molecule has 1 aromatic carbocycles. The van der Waals surface area contributed by atoms with Gasteiger partial charge in [-0.3, -0.25) is 14.4 Å². The number of rotatable bonds is 11. The van der Waals surface area contributed by atoms with Crippen molar-refractivity contribution in [2.75, 3.05) is 0 Å². The van der Waals surface area contributed by atoms with Crippen molar-refractivity contribution in [2.24, 2.45) is 17.3 Å². The van der Waals surface area contributed by atoms with Gasteiger partial charge in [0, 0.05) is 11.8 Å². The van der Waals surface area contributed by atoms with Gasteiger partial charge in [-0.05, 0) is 44.6 Å². The number of carbonyl (C=O) groups is 3. The molecule has 0 aliphatic rings. The van der Waals surface area contributed by atoms with E-state index in [9.17, 15) is 14.4 Å². The molecule has 0 amide bonds. The maximum atomic E-state index is 13.1. The van der Waals surface area contributed by atoms with Crippen molar-refractivity contribution in [3.05, 3.63) is 35.9 Å². The van der Waals surface area contributed by atoms with Gasteiger partial charge in [0.1, 0.15) is 17.5 Å². The average molecular weight is 433 g/mol. The summed E-state index contributed by atoms with van der Waals surface area (Å²) in [5.41, 5.74) is -0.174. The highest BCUT2D eigenvalue weighted by Gasteiger charge is 2.39. The Kier molecular flexibility index (Phi) is 9.92. The third-order valence-electron chi connectivity index (χ3n) is 6.03. The molecule has 0 aromatic heterocycles. The molecule has 0 heterocycles. The lowest BCUT2D eigenvalue weighted by Crippen LogP contribution is -2.38. The first-order valence-corrected chi connectivity index (χ1v) is 11.3. The Morgan fingerprint density at radius 1 is 0.806 bits per heavy atom. The Morgan fingerprint density at radius 2 is 1.32 bits per heavy atom. The van der Waals surface area contributed by atoms with Crippen LogP contribution >= 0.6 is 0 Å². The average Bonchev–Trinajstić information content (AvgIpc) is 2.67. The molecule has 0 aliphatic heterocycles. The Balaban J connectivity index is 2.82. The van der Waals surface area contributed by atoms with Crippen molar-refractivity contribution < 1.29 is 23.9 Å². The number of Topliss-reactive ketones (excluding diaryl/α,β-unsaturated/α-hetero) is 1. The summed E-state index contributed by atoms with van der Waals surface area (Å²) in [7, 11) is 0. The topological polar surface area (TPSA) is 69.7 Å². The lowest BCUT2D eigenvalue weighted by Gasteiger charge is -2.36. The van der Waals surface area contributed by atoms with Crippen LogP contribution in [0.5, 0.6) is 0 Å². The highest BCUT2D eigenvalue weighted by Crippen LogP contribution is 2.38. The second-order valence-electron chi connectivity index (χ2n) is 10.0. The number of esters is 2. The summed E-state index contributed by atoms with van der Waals surface area (Å²) in [4.78, 5) is 37.5. The standard InChI is InChI=1S/C26H40O5/c1-18(2)26(8,19(3)4)22(27)15-14-21(20-12-10-9-11-13-20)30-23(28)16-17-24(29)31-25(5,6)7/h9-13,18-19,21H,14-17H2,1-8H3/t21-/m1/s1. The van der Waals surface area contributed by atoms with Gasteiger partial charge in [0.2, 0.25) is 0 Å². The molecule has 5 heteroatoms. The van der Waals surface area contributed by atoms with Crippen molar-refractivity contribution in [2.45, 2.75) is 92.8 Å². The molecule has 5 nitrogen and oxygen atoms in total. The van der Waals surface area contributed by atoms with Crippen LogP contribution < -0.4 is 0 Å². The molecule has 0 aliphatic carbocycles. The summed E-state index contributed by atoms with van der Waals surface area (Å²) in [6.07, 6.45) is 0.124. The van der Waals surface area contributed by atoms with Gasteiger partial charge >= 0.3 is 11.9 Å². The van der Waals surface area contributed by atoms with Gasteiger partial charge in [-0.25, -0.2) is 0 Å². The second-order valence-corrected chi connectivity index (χ2v) is 10.0. The van der Waals surface area contributed by atoms with Crippen LogP contribution in [0.3, 0.4) is 0 Å². The molecule has 0 fully saturated rings. The van der Waals surface area contributed by atoms with Gasteiger partial charge in [-0.15, -0.1) is 0 Å². The predicted octanol–water partition coefficient (Wildman–Crippen LogP) is 6.06. The molecule has 0 N–H and O–H groups in total. The summed E-state index contributed by atoms with van der Waals surface area (Å²) in [6.45, 7) is 15.7. The number of hydrogen-bond acceptors (Lipinski definition) is 5. The van der Waals surface area contributed by atoms with Crippen molar-refractivity contribution >= 4 is 17.7 Å². The summed E-state index contributed by atoms with van der Waals surface area (Å²) < 4.78 is 10.9. The maximum Gasteiger partial charge on any atom is 0.306 e. The van der Waals surface area contributed by atoms with E-state index in [-0.39, 0.29) is 30.5 Å². The van der Waals surface area contributed by atoms with Gasteiger partial charge in [0.25, 0.3) is 0 Å². The van der Waals surface area contributed by atoms with Gasteiger partial charge in [0.15, 0.2) is 0 Å². The smallest absolute Gasteiger partial charge is 0.306 e. The molecular weight excluding hydrogens is 392 g/mol. The van der Waals surface area contributed by atoms with E-state index in [1.54, 1.807) is 20.8 Å². The van der Waals surface area contributed by atoms with E-state index in [4.69, 9.17) is 9.47 Å². The maximum absolute atomic E-state index is 13.1. The fourth-order valence-corrected chi connectivity index (χ4v) is 3.62. The minimum Gasteiger partial charge on any atom is -0.460 e. The zero-order valence-electron chi connectivity index (χ0n) is 20.5. The number of hydrogen-bond donors (Lipinski definition) is 0. The minimum atomic E-state index is -0.590. The molecule has 1 aromatic rings. The van der Waals surface area contributed by atoms with Crippen molar-refractivity contribution in [3.8, 4) is 0 Å². The zero-order valence-corrected chi connectivity index (χ0v) is 20.5.